The highest BCUT2D eigenvalue weighted by Gasteiger charge is 2.23. The van der Waals surface area contributed by atoms with Crippen LogP contribution in [0.4, 0.5) is 4.79 Å². The molecule has 0 radical (unpaired) electrons. The molecule has 2 amide bonds. The second-order valence-corrected chi connectivity index (χ2v) is 4.44. The van der Waals surface area contributed by atoms with Crippen LogP contribution in [0, 0.1) is 0 Å². The zero-order valence-corrected chi connectivity index (χ0v) is 10.5. The third kappa shape index (κ3) is 4.37. The first-order chi connectivity index (χ1) is 7.63. The van der Waals surface area contributed by atoms with Gasteiger partial charge in [0.05, 0.1) is 12.7 Å². The summed E-state index contributed by atoms with van der Waals surface area (Å²) in [5, 5.41) is 6.00. The molecule has 0 saturated carbocycles. The highest BCUT2D eigenvalue weighted by atomic mass is 16.5. The predicted molar refractivity (Wildman–Crippen MR) is 63.5 cm³/mol. The molecule has 16 heavy (non-hydrogen) atoms. The molecular weight excluding hydrogens is 206 g/mol. The Morgan fingerprint density at radius 3 is 2.94 bits per heavy atom. The van der Waals surface area contributed by atoms with Crippen molar-refractivity contribution in [1.29, 1.82) is 0 Å². The number of carbonyl (C=O) groups excluding carboxylic acids is 1. The molecular formula is C11H23N3O2. The fourth-order valence-corrected chi connectivity index (χ4v) is 1.72. The molecule has 1 unspecified atom stereocenters. The van der Waals surface area contributed by atoms with Gasteiger partial charge in [-0.1, -0.05) is 0 Å². The number of carbonyl (C=O) groups is 1. The minimum absolute atomic E-state index is 0.0211. The van der Waals surface area contributed by atoms with Gasteiger partial charge in [-0.15, -0.1) is 0 Å². The van der Waals surface area contributed by atoms with E-state index in [1.54, 1.807) is 0 Å². The fourth-order valence-electron chi connectivity index (χ4n) is 1.72. The van der Waals surface area contributed by atoms with E-state index >= 15 is 0 Å². The lowest BCUT2D eigenvalue weighted by Gasteiger charge is -2.33. The van der Waals surface area contributed by atoms with Crippen LogP contribution < -0.4 is 10.6 Å². The minimum Gasteiger partial charge on any atom is -0.374 e. The lowest BCUT2D eigenvalue weighted by atomic mass is 10.2. The molecule has 0 aromatic rings. The van der Waals surface area contributed by atoms with Crippen LogP contribution in [0.1, 0.15) is 20.3 Å². The highest BCUT2D eigenvalue weighted by molar-refractivity contribution is 5.74. The molecule has 0 aromatic heterocycles. The van der Waals surface area contributed by atoms with Crippen molar-refractivity contribution in [2.24, 2.45) is 0 Å². The van der Waals surface area contributed by atoms with Crippen LogP contribution in [0.25, 0.3) is 0 Å². The maximum atomic E-state index is 11.8. The van der Waals surface area contributed by atoms with E-state index in [0.29, 0.717) is 19.7 Å². The average molecular weight is 229 g/mol. The van der Waals surface area contributed by atoms with E-state index < -0.39 is 0 Å². The zero-order chi connectivity index (χ0) is 12.0. The van der Waals surface area contributed by atoms with Gasteiger partial charge in [0.15, 0.2) is 0 Å². The Morgan fingerprint density at radius 1 is 1.56 bits per heavy atom. The lowest BCUT2D eigenvalue weighted by molar-refractivity contribution is -0.0175. The Balaban J connectivity index is 2.34. The molecule has 1 fully saturated rings. The van der Waals surface area contributed by atoms with Crippen LogP contribution in [-0.4, -0.2) is 56.4 Å². The molecule has 0 bridgehead atoms. The number of nitrogens with one attached hydrogen (secondary N) is 2. The van der Waals surface area contributed by atoms with Gasteiger partial charge in [0, 0.05) is 19.1 Å². The van der Waals surface area contributed by atoms with Crippen molar-refractivity contribution in [3.8, 4) is 0 Å². The summed E-state index contributed by atoms with van der Waals surface area (Å²) >= 11 is 0. The average Bonchev–Trinajstić information content (AvgIpc) is 2.26. The van der Waals surface area contributed by atoms with Crippen LogP contribution in [0.2, 0.25) is 0 Å². The van der Waals surface area contributed by atoms with Crippen molar-refractivity contribution in [2.45, 2.75) is 32.4 Å². The molecule has 2 N–H and O–H groups in total. The third-order valence-corrected chi connectivity index (χ3v) is 2.55. The quantitative estimate of drug-likeness (QED) is 0.734. The molecule has 1 rings (SSSR count). The number of hydrogen-bond donors (Lipinski definition) is 2. The third-order valence-electron chi connectivity index (χ3n) is 2.55. The molecule has 0 aromatic carbocycles. The standard InChI is InChI=1S/C11H23N3O2/c1-9(2)13-11(15)14-6-7-16-10(8-14)4-5-12-3/h9-10,12H,4-8H2,1-3H3,(H,13,15). The normalized spacial score (nSPS) is 21.2. The number of ether oxygens (including phenoxy) is 1. The van der Waals surface area contributed by atoms with E-state index in [1.165, 1.54) is 0 Å². The molecule has 0 spiro atoms. The van der Waals surface area contributed by atoms with Crippen LogP contribution in [0.3, 0.4) is 0 Å². The summed E-state index contributed by atoms with van der Waals surface area (Å²) in [5.41, 5.74) is 0. The summed E-state index contributed by atoms with van der Waals surface area (Å²) in [6, 6.07) is 0.207. The predicted octanol–water partition coefficient (Wildman–Crippen LogP) is 0.415. The number of nitrogens with zero attached hydrogens (tertiary/aromatic N) is 1. The molecule has 5 heteroatoms. The Labute approximate surface area is 97.5 Å². The topological polar surface area (TPSA) is 53.6 Å². The second kappa shape index (κ2) is 6.70. The van der Waals surface area contributed by atoms with Crippen LogP contribution in [-0.2, 0) is 4.74 Å². The van der Waals surface area contributed by atoms with Gasteiger partial charge in [-0.25, -0.2) is 4.79 Å². The van der Waals surface area contributed by atoms with E-state index in [1.807, 2.05) is 25.8 Å². The Kier molecular flexibility index (Phi) is 5.55. The van der Waals surface area contributed by atoms with Gasteiger partial charge in [0.1, 0.15) is 0 Å². The van der Waals surface area contributed by atoms with Gasteiger partial charge in [-0.3, -0.25) is 0 Å². The molecule has 1 aliphatic rings. The first-order valence-corrected chi connectivity index (χ1v) is 5.95. The van der Waals surface area contributed by atoms with Crippen molar-refractivity contribution >= 4 is 6.03 Å². The molecule has 5 nitrogen and oxygen atoms in total. The Hall–Kier alpha value is -0.810. The molecule has 1 saturated heterocycles. The van der Waals surface area contributed by atoms with Gasteiger partial charge in [0.25, 0.3) is 0 Å². The highest BCUT2D eigenvalue weighted by Crippen LogP contribution is 2.08. The summed E-state index contributed by atoms with van der Waals surface area (Å²) in [4.78, 5) is 13.6. The summed E-state index contributed by atoms with van der Waals surface area (Å²) < 4.78 is 5.60. The van der Waals surface area contributed by atoms with Crippen molar-refractivity contribution in [3.63, 3.8) is 0 Å². The van der Waals surface area contributed by atoms with Crippen molar-refractivity contribution in [1.82, 2.24) is 15.5 Å². The summed E-state index contributed by atoms with van der Waals surface area (Å²) in [6.45, 7) is 6.88. The Morgan fingerprint density at radius 2 is 2.31 bits per heavy atom. The number of hydrogen-bond acceptors (Lipinski definition) is 3. The van der Waals surface area contributed by atoms with Crippen molar-refractivity contribution in [2.75, 3.05) is 33.3 Å². The minimum atomic E-state index is 0.0211. The van der Waals surface area contributed by atoms with Crippen LogP contribution >= 0.6 is 0 Å². The molecule has 1 aliphatic heterocycles. The van der Waals surface area contributed by atoms with E-state index in [9.17, 15) is 4.79 Å². The number of urea groups is 1. The maximum Gasteiger partial charge on any atom is 0.317 e. The van der Waals surface area contributed by atoms with Gasteiger partial charge >= 0.3 is 6.03 Å². The molecule has 94 valence electrons. The van der Waals surface area contributed by atoms with Crippen molar-refractivity contribution < 1.29 is 9.53 Å². The van der Waals surface area contributed by atoms with Crippen LogP contribution in [0.15, 0.2) is 0 Å². The first-order valence-electron chi connectivity index (χ1n) is 5.95. The van der Waals surface area contributed by atoms with E-state index in [4.69, 9.17) is 4.74 Å². The monoisotopic (exact) mass is 229 g/mol. The fraction of sp³-hybridized carbons (Fsp3) is 0.909. The van der Waals surface area contributed by atoms with Crippen molar-refractivity contribution in [3.05, 3.63) is 0 Å². The number of morpholine rings is 1. The number of rotatable bonds is 4. The smallest absolute Gasteiger partial charge is 0.317 e. The van der Waals surface area contributed by atoms with Gasteiger partial charge in [0.2, 0.25) is 0 Å². The first kappa shape index (κ1) is 13.3. The van der Waals surface area contributed by atoms with Crippen LogP contribution in [0.5, 0.6) is 0 Å². The Bertz CT molecular complexity index is 221. The van der Waals surface area contributed by atoms with E-state index in [2.05, 4.69) is 10.6 Å². The van der Waals surface area contributed by atoms with E-state index in [-0.39, 0.29) is 18.2 Å². The summed E-state index contributed by atoms with van der Waals surface area (Å²) in [6.07, 6.45) is 1.11. The van der Waals surface area contributed by atoms with Gasteiger partial charge < -0.3 is 20.3 Å². The summed E-state index contributed by atoms with van der Waals surface area (Å²) in [5.74, 6) is 0. The molecule has 1 heterocycles. The van der Waals surface area contributed by atoms with E-state index in [0.717, 1.165) is 13.0 Å². The number of amides is 2. The lowest BCUT2D eigenvalue weighted by Crippen LogP contribution is -2.51. The molecule has 0 aliphatic carbocycles. The SMILES string of the molecule is CNCCC1CN(C(=O)NC(C)C)CCO1. The van der Waals surface area contributed by atoms with Gasteiger partial charge in [-0.2, -0.15) is 0 Å². The largest absolute Gasteiger partial charge is 0.374 e. The summed E-state index contributed by atoms with van der Waals surface area (Å²) in [7, 11) is 1.92. The van der Waals surface area contributed by atoms with Gasteiger partial charge in [-0.05, 0) is 33.9 Å². The maximum absolute atomic E-state index is 11.8. The molecule has 1 atom stereocenters. The second-order valence-electron chi connectivity index (χ2n) is 4.44. The zero-order valence-electron chi connectivity index (χ0n) is 10.5.